The molecule has 0 aliphatic carbocycles. The van der Waals surface area contributed by atoms with E-state index in [2.05, 4.69) is 53.9 Å². The molecule has 0 fully saturated rings. The topological polar surface area (TPSA) is 67.6 Å². The number of nitrogens with two attached hydrogens (primary N) is 1. The minimum absolute atomic E-state index is 0. The van der Waals surface area contributed by atoms with Crippen LogP contribution in [0.15, 0.2) is 48.5 Å². The zero-order chi connectivity index (χ0) is 23.7. The molecule has 0 heterocycles. The third kappa shape index (κ3) is 11.2. The zero-order valence-corrected chi connectivity index (χ0v) is 22.9. The first-order chi connectivity index (χ1) is 15.1. The number of halogens is 2. The monoisotopic (exact) mass is 512 g/mol. The molecular formula is C27H42Cl2N2O3. The van der Waals surface area contributed by atoms with Crippen molar-refractivity contribution in [2.45, 2.75) is 45.6 Å². The molecule has 7 heteroatoms. The minimum Gasteiger partial charge on any atom is -1.00 e. The lowest BCUT2D eigenvalue weighted by atomic mass is 9.86. The standard InChI is InChI=1S/C27H40N2O3.2ClH/c1-20(18-29(5)6)19-32-24-13-9-21(10-14-24)25(30)15-16-28-17-26(31)22-7-11-23(12-8-22)27(2,3)4;;/h7-14,20,26,28,31H,15-19H2,1-6H3;2*1H. The summed E-state index contributed by atoms with van der Waals surface area (Å²) in [5.74, 6) is 1.39. The third-order valence-corrected chi connectivity index (χ3v) is 5.59. The van der Waals surface area contributed by atoms with Crippen LogP contribution in [0.1, 0.15) is 61.7 Å². The average Bonchev–Trinajstić information content (AvgIpc) is 2.74. The fourth-order valence-corrected chi connectivity index (χ4v) is 3.73. The summed E-state index contributed by atoms with van der Waals surface area (Å²) in [6.45, 7) is 11.6. The molecular weight excluding hydrogens is 471 g/mol. The van der Waals surface area contributed by atoms with Gasteiger partial charge in [0, 0.05) is 11.5 Å². The van der Waals surface area contributed by atoms with Gasteiger partial charge in [-0.2, -0.15) is 0 Å². The van der Waals surface area contributed by atoms with Gasteiger partial charge in [0.15, 0.2) is 5.78 Å². The summed E-state index contributed by atoms with van der Waals surface area (Å²) in [5, 5.41) is 12.4. The SMILES string of the molecule is CC(COc1ccc(C(=O)CC[NH2+]CC(O)c2ccc(C(C)(C)C)cc2)cc1)C[NH+](C)C.[Cl-].[Cl-]. The fourth-order valence-electron chi connectivity index (χ4n) is 3.73. The van der Waals surface area contributed by atoms with Crippen LogP contribution in [0.4, 0.5) is 0 Å². The first kappa shape index (κ1) is 32.4. The van der Waals surface area contributed by atoms with Crippen molar-refractivity contribution in [3.63, 3.8) is 0 Å². The van der Waals surface area contributed by atoms with Crippen LogP contribution in [0, 0.1) is 5.92 Å². The molecule has 2 aromatic carbocycles. The fraction of sp³-hybridized carbons (Fsp3) is 0.519. The van der Waals surface area contributed by atoms with Crippen molar-refractivity contribution in [3.05, 3.63) is 65.2 Å². The Morgan fingerprint density at radius 3 is 2.15 bits per heavy atom. The number of carbonyl (C=O) groups excluding carboxylic acids is 1. The molecule has 34 heavy (non-hydrogen) atoms. The number of hydrogen-bond donors (Lipinski definition) is 3. The van der Waals surface area contributed by atoms with E-state index in [1.54, 1.807) is 0 Å². The van der Waals surface area contributed by atoms with E-state index in [1.165, 1.54) is 10.5 Å². The van der Waals surface area contributed by atoms with Gasteiger partial charge in [0.25, 0.3) is 0 Å². The molecule has 0 saturated carbocycles. The number of aliphatic hydroxyl groups is 1. The van der Waals surface area contributed by atoms with Gasteiger partial charge in [-0.15, -0.1) is 0 Å². The molecule has 0 bridgehead atoms. The summed E-state index contributed by atoms with van der Waals surface area (Å²) in [6.07, 6.45) is -0.0922. The van der Waals surface area contributed by atoms with Gasteiger partial charge in [0.05, 0.1) is 40.2 Å². The van der Waals surface area contributed by atoms with E-state index in [0.717, 1.165) is 17.9 Å². The molecule has 0 aliphatic rings. The van der Waals surface area contributed by atoms with Crippen molar-refractivity contribution < 1.29 is 49.7 Å². The van der Waals surface area contributed by atoms with Crippen LogP contribution in [0.3, 0.4) is 0 Å². The third-order valence-electron chi connectivity index (χ3n) is 5.59. The molecule has 192 valence electrons. The van der Waals surface area contributed by atoms with Crippen LogP contribution in [0.25, 0.3) is 0 Å². The summed E-state index contributed by atoms with van der Waals surface area (Å²) in [4.78, 5) is 13.9. The second kappa shape index (κ2) is 15.4. The lowest BCUT2D eigenvalue weighted by Crippen LogP contribution is -3.06. The molecule has 0 amide bonds. The van der Waals surface area contributed by atoms with Crippen LogP contribution >= 0.6 is 0 Å². The van der Waals surface area contributed by atoms with Gasteiger partial charge in [-0.1, -0.05) is 52.0 Å². The Hall–Kier alpha value is -1.63. The number of nitrogens with one attached hydrogen (secondary N) is 1. The normalized spacial score (nSPS) is 12.9. The lowest BCUT2D eigenvalue weighted by Gasteiger charge is -2.19. The number of ketones is 1. The number of carbonyl (C=O) groups is 1. The molecule has 2 rings (SSSR count). The molecule has 2 atom stereocenters. The number of rotatable bonds is 12. The van der Waals surface area contributed by atoms with Crippen molar-refractivity contribution in [2.24, 2.45) is 5.92 Å². The Morgan fingerprint density at radius 2 is 1.62 bits per heavy atom. The molecule has 0 aliphatic heterocycles. The summed E-state index contributed by atoms with van der Waals surface area (Å²) in [6, 6.07) is 15.6. The van der Waals surface area contributed by atoms with Gasteiger partial charge in [0.2, 0.25) is 0 Å². The van der Waals surface area contributed by atoms with Gasteiger partial charge >= 0.3 is 0 Å². The summed E-state index contributed by atoms with van der Waals surface area (Å²) in [5.41, 5.74) is 2.97. The van der Waals surface area contributed by atoms with Crippen molar-refractivity contribution in [1.29, 1.82) is 0 Å². The molecule has 0 aromatic heterocycles. The Balaban J connectivity index is 0.00000544. The highest BCUT2D eigenvalue weighted by molar-refractivity contribution is 5.96. The highest BCUT2D eigenvalue weighted by atomic mass is 35.5. The molecule has 5 nitrogen and oxygen atoms in total. The van der Waals surface area contributed by atoms with E-state index in [9.17, 15) is 9.90 Å². The quantitative estimate of drug-likeness (QED) is 0.201. The van der Waals surface area contributed by atoms with E-state index >= 15 is 0 Å². The van der Waals surface area contributed by atoms with Crippen molar-refractivity contribution >= 4 is 5.78 Å². The van der Waals surface area contributed by atoms with Crippen LogP contribution in [-0.4, -0.2) is 51.2 Å². The van der Waals surface area contributed by atoms with Crippen LogP contribution in [-0.2, 0) is 5.41 Å². The first-order valence-corrected chi connectivity index (χ1v) is 11.7. The van der Waals surface area contributed by atoms with Crippen LogP contribution < -0.4 is 39.8 Å². The summed E-state index contributed by atoms with van der Waals surface area (Å²) < 4.78 is 5.84. The maximum atomic E-state index is 12.5. The van der Waals surface area contributed by atoms with Gasteiger partial charge in [-0.05, 0) is 40.8 Å². The first-order valence-electron chi connectivity index (χ1n) is 11.7. The summed E-state index contributed by atoms with van der Waals surface area (Å²) >= 11 is 0. The Labute approximate surface area is 218 Å². The maximum absolute atomic E-state index is 12.5. The summed E-state index contributed by atoms with van der Waals surface area (Å²) in [7, 11) is 4.28. The van der Waals surface area contributed by atoms with E-state index in [-0.39, 0.29) is 36.0 Å². The van der Waals surface area contributed by atoms with Crippen molar-refractivity contribution in [3.8, 4) is 5.75 Å². The predicted octanol–water partition coefficient (Wildman–Crippen LogP) is -3.98. The van der Waals surface area contributed by atoms with Crippen LogP contribution in [0.2, 0.25) is 0 Å². The number of quaternary nitrogens is 2. The second-order valence-corrected chi connectivity index (χ2v) is 10.2. The highest BCUT2D eigenvalue weighted by Crippen LogP contribution is 2.23. The van der Waals surface area contributed by atoms with Gasteiger partial charge in [-0.3, -0.25) is 4.79 Å². The number of benzene rings is 2. The van der Waals surface area contributed by atoms with Crippen molar-refractivity contribution in [2.75, 3.05) is 40.3 Å². The van der Waals surface area contributed by atoms with E-state index in [1.807, 2.05) is 41.7 Å². The molecule has 0 radical (unpaired) electrons. The lowest BCUT2D eigenvalue weighted by molar-refractivity contribution is -0.861. The molecule has 2 aromatic rings. The smallest absolute Gasteiger partial charge is 0.168 e. The number of aliphatic hydroxyl groups excluding tert-OH is 1. The van der Waals surface area contributed by atoms with Crippen molar-refractivity contribution in [1.82, 2.24) is 0 Å². The molecule has 4 N–H and O–H groups in total. The predicted molar refractivity (Wildman–Crippen MR) is 129 cm³/mol. The minimum atomic E-state index is -0.535. The number of Topliss-reactive ketones (excluding diaryl/α,β-unsaturated/α-hetero) is 1. The molecule has 2 unspecified atom stereocenters. The molecule has 0 spiro atoms. The average molecular weight is 514 g/mol. The van der Waals surface area contributed by atoms with Gasteiger partial charge < -0.3 is 44.9 Å². The van der Waals surface area contributed by atoms with Crippen LogP contribution in [0.5, 0.6) is 5.75 Å². The van der Waals surface area contributed by atoms with Gasteiger partial charge in [0.1, 0.15) is 18.4 Å². The highest BCUT2D eigenvalue weighted by Gasteiger charge is 2.16. The Morgan fingerprint density at radius 1 is 1.03 bits per heavy atom. The van der Waals surface area contributed by atoms with E-state index in [0.29, 0.717) is 37.6 Å². The number of hydrogen-bond acceptors (Lipinski definition) is 3. The van der Waals surface area contributed by atoms with Gasteiger partial charge in [-0.25, -0.2) is 0 Å². The maximum Gasteiger partial charge on any atom is 0.168 e. The number of ether oxygens (including phenoxy) is 1. The molecule has 0 saturated heterocycles. The van der Waals surface area contributed by atoms with E-state index in [4.69, 9.17) is 4.74 Å². The Kier molecular flexibility index (Phi) is 14.6. The largest absolute Gasteiger partial charge is 1.00 e. The Bertz CT molecular complexity index is 834. The zero-order valence-electron chi connectivity index (χ0n) is 21.4. The van der Waals surface area contributed by atoms with E-state index < -0.39 is 6.10 Å². The second-order valence-electron chi connectivity index (χ2n) is 10.2.